The molecule has 10 aromatic rings. The molecule has 10 rings (SSSR count). The summed E-state index contributed by atoms with van der Waals surface area (Å²) in [4.78, 5) is 15.7. The summed E-state index contributed by atoms with van der Waals surface area (Å²) in [6.07, 6.45) is 0. The van der Waals surface area contributed by atoms with E-state index in [0.717, 1.165) is 77.0 Å². The zero-order valence-electron chi connectivity index (χ0n) is 27.5. The van der Waals surface area contributed by atoms with Crippen molar-refractivity contribution in [2.24, 2.45) is 0 Å². The Hall–Kier alpha value is -6.91. The van der Waals surface area contributed by atoms with Gasteiger partial charge in [0.25, 0.3) is 0 Å². The van der Waals surface area contributed by atoms with Gasteiger partial charge in [0.1, 0.15) is 11.2 Å². The molecule has 2 heterocycles. The highest BCUT2D eigenvalue weighted by Gasteiger charge is 2.19. The highest BCUT2D eigenvalue weighted by molar-refractivity contribution is 6.15. The number of rotatable bonds is 5. The van der Waals surface area contributed by atoms with E-state index < -0.39 is 0 Å². The van der Waals surface area contributed by atoms with E-state index in [1.54, 1.807) is 0 Å². The summed E-state index contributed by atoms with van der Waals surface area (Å²) >= 11 is 0. The van der Waals surface area contributed by atoms with Gasteiger partial charge in [-0.05, 0) is 86.3 Å². The van der Waals surface area contributed by atoms with Gasteiger partial charge in [0, 0.05) is 27.5 Å². The molecule has 0 fully saturated rings. The number of aromatic nitrogens is 3. The highest BCUT2D eigenvalue weighted by atomic mass is 16.3. The van der Waals surface area contributed by atoms with Gasteiger partial charge in [-0.1, -0.05) is 133 Å². The SMILES string of the molecule is c1ccc(-c2cc(-c3ccccc3)cc(-c3nc(-c4ccc5ccccc5c4)nc(-c4cccc5oc6cc7ccccc7cc6c45)n3)c2)cc1. The molecule has 4 nitrogen and oxygen atoms in total. The van der Waals surface area contributed by atoms with Crippen molar-refractivity contribution in [1.29, 1.82) is 0 Å². The van der Waals surface area contributed by atoms with Crippen LogP contribution < -0.4 is 0 Å². The van der Waals surface area contributed by atoms with Crippen LogP contribution in [0.25, 0.3) is 99.9 Å². The van der Waals surface area contributed by atoms with E-state index in [9.17, 15) is 0 Å². The molecule has 0 aliphatic carbocycles. The normalized spacial score (nSPS) is 11.5. The lowest BCUT2D eigenvalue weighted by molar-refractivity contribution is 0.669. The molecular weight excluding hydrogens is 623 g/mol. The summed E-state index contributed by atoms with van der Waals surface area (Å²) in [5.74, 6) is 1.81. The van der Waals surface area contributed by atoms with Crippen LogP contribution in [0.2, 0.25) is 0 Å². The Morgan fingerprint density at radius 1 is 0.314 bits per heavy atom. The summed E-state index contributed by atoms with van der Waals surface area (Å²) in [7, 11) is 0. The number of hydrogen-bond donors (Lipinski definition) is 0. The van der Waals surface area contributed by atoms with Gasteiger partial charge in [-0.3, -0.25) is 0 Å². The smallest absolute Gasteiger partial charge is 0.164 e. The molecule has 51 heavy (non-hydrogen) atoms. The van der Waals surface area contributed by atoms with Gasteiger partial charge < -0.3 is 4.42 Å². The second kappa shape index (κ2) is 11.9. The molecule has 0 saturated heterocycles. The lowest BCUT2D eigenvalue weighted by atomic mass is 9.95. The molecule has 0 N–H and O–H groups in total. The third-order valence-electron chi connectivity index (χ3n) is 9.65. The number of hydrogen-bond acceptors (Lipinski definition) is 4. The van der Waals surface area contributed by atoms with Crippen molar-refractivity contribution in [3.05, 3.63) is 176 Å². The van der Waals surface area contributed by atoms with Crippen molar-refractivity contribution in [1.82, 2.24) is 15.0 Å². The van der Waals surface area contributed by atoms with Crippen LogP contribution in [-0.2, 0) is 0 Å². The standard InChI is InChI=1S/C47H29N3O/c1-3-12-30(13-4-1)37-25-38(31-14-5-2-6-15-31)27-39(26-37)46-48-45(36-23-22-32-16-7-8-17-33(32)24-36)49-47(50-46)40-20-11-21-42-44(40)41-28-34-18-9-10-19-35(34)29-43(41)51-42/h1-29H. The van der Waals surface area contributed by atoms with E-state index in [1.165, 1.54) is 5.39 Å². The second-order valence-corrected chi connectivity index (χ2v) is 12.9. The molecule has 0 amide bonds. The molecule has 4 heteroatoms. The molecule has 0 unspecified atom stereocenters. The van der Waals surface area contributed by atoms with Crippen LogP contribution in [0.15, 0.2) is 180 Å². The van der Waals surface area contributed by atoms with Crippen LogP contribution in [0, 0.1) is 0 Å². The summed E-state index contributed by atoms with van der Waals surface area (Å²) in [5.41, 5.74) is 8.81. The molecule has 0 aliphatic rings. The van der Waals surface area contributed by atoms with E-state index >= 15 is 0 Å². The first kappa shape index (κ1) is 29.0. The number of furan rings is 1. The Morgan fingerprint density at radius 3 is 1.55 bits per heavy atom. The molecule has 2 aromatic heterocycles. The summed E-state index contributed by atoms with van der Waals surface area (Å²) < 4.78 is 6.46. The monoisotopic (exact) mass is 651 g/mol. The maximum Gasteiger partial charge on any atom is 0.164 e. The molecule has 0 aliphatic heterocycles. The summed E-state index contributed by atoms with van der Waals surface area (Å²) in [6, 6.07) is 61.1. The number of fused-ring (bicyclic) bond motifs is 5. The maximum atomic E-state index is 6.46. The van der Waals surface area contributed by atoms with Crippen LogP contribution in [0.1, 0.15) is 0 Å². The first-order chi connectivity index (χ1) is 25.2. The predicted octanol–water partition coefficient (Wildman–Crippen LogP) is 12.4. The molecule has 0 radical (unpaired) electrons. The fourth-order valence-electron chi connectivity index (χ4n) is 7.13. The molecule has 238 valence electrons. The van der Waals surface area contributed by atoms with Gasteiger partial charge >= 0.3 is 0 Å². The van der Waals surface area contributed by atoms with Crippen LogP contribution in [0.3, 0.4) is 0 Å². The Bertz CT molecular complexity index is 2860. The minimum absolute atomic E-state index is 0.594. The average molecular weight is 652 g/mol. The minimum atomic E-state index is 0.594. The molecule has 0 bridgehead atoms. The van der Waals surface area contributed by atoms with E-state index in [1.807, 2.05) is 24.3 Å². The summed E-state index contributed by atoms with van der Waals surface area (Å²) in [5, 5.41) is 6.61. The van der Waals surface area contributed by atoms with Crippen LogP contribution in [0.4, 0.5) is 0 Å². The minimum Gasteiger partial charge on any atom is -0.456 e. The molecule has 0 saturated carbocycles. The third-order valence-corrected chi connectivity index (χ3v) is 9.65. The van der Waals surface area contributed by atoms with Crippen molar-refractivity contribution in [2.45, 2.75) is 0 Å². The molecule has 8 aromatic carbocycles. The quantitative estimate of drug-likeness (QED) is 0.186. The van der Waals surface area contributed by atoms with Crippen molar-refractivity contribution in [2.75, 3.05) is 0 Å². The lowest BCUT2D eigenvalue weighted by Crippen LogP contribution is -2.01. The Morgan fingerprint density at radius 2 is 0.863 bits per heavy atom. The fourth-order valence-corrected chi connectivity index (χ4v) is 7.13. The Kier molecular flexibility index (Phi) is 6.78. The van der Waals surface area contributed by atoms with E-state index in [0.29, 0.717) is 17.5 Å². The van der Waals surface area contributed by atoms with Gasteiger partial charge in [0.15, 0.2) is 17.5 Å². The number of benzene rings is 8. The maximum absolute atomic E-state index is 6.46. The fraction of sp³-hybridized carbons (Fsp3) is 0. The van der Waals surface area contributed by atoms with Crippen molar-refractivity contribution in [3.63, 3.8) is 0 Å². The van der Waals surface area contributed by atoms with Gasteiger partial charge in [-0.2, -0.15) is 0 Å². The number of nitrogens with zero attached hydrogens (tertiary/aromatic N) is 3. The van der Waals surface area contributed by atoms with Crippen molar-refractivity contribution in [3.8, 4) is 56.4 Å². The van der Waals surface area contributed by atoms with Gasteiger partial charge in [-0.25, -0.2) is 15.0 Å². The Balaban J connectivity index is 1.24. The summed E-state index contributed by atoms with van der Waals surface area (Å²) in [6.45, 7) is 0. The van der Waals surface area contributed by atoms with Crippen LogP contribution in [-0.4, -0.2) is 15.0 Å². The predicted molar refractivity (Wildman–Crippen MR) is 209 cm³/mol. The van der Waals surface area contributed by atoms with Gasteiger partial charge in [0.05, 0.1) is 0 Å². The largest absolute Gasteiger partial charge is 0.456 e. The van der Waals surface area contributed by atoms with Crippen molar-refractivity contribution < 1.29 is 4.42 Å². The van der Waals surface area contributed by atoms with Crippen LogP contribution >= 0.6 is 0 Å². The van der Waals surface area contributed by atoms with Gasteiger partial charge in [0.2, 0.25) is 0 Å². The average Bonchev–Trinajstić information content (AvgIpc) is 3.57. The third kappa shape index (κ3) is 5.22. The van der Waals surface area contributed by atoms with E-state index in [4.69, 9.17) is 19.4 Å². The van der Waals surface area contributed by atoms with Crippen molar-refractivity contribution >= 4 is 43.5 Å². The highest BCUT2D eigenvalue weighted by Crippen LogP contribution is 2.39. The zero-order chi connectivity index (χ0) is 33.7. The molecular formula is C47H29N3O. The lowest BCUT2D eigenvalue weighted by Gasteiger charge is -2.13. The molecule has 0 spiro atoms. The second-order valence-electron chi connectivity index (χ2n) is 12.9. The van der Waals surface area contributed by atoms with Gasteiger partial charge in [-0.15, -0.1) is 0 Å². The molecule has 0 atom stereocenters. The first-order valence-corrected chi connectivity index (χ1v) is 17.1. The van der Waals surface area contributed by atoms with E-state index in [2.05, 4.69) is 152 Å². The zero-order valence-corrected chi connectivity index (χ0v) is 27.5. The Labute approximate surface area is 294 Å². The van der Waals surface area contributed by atoms with E-state index in [-0.39, 0.29) is 0 Å². The topological polar surface area (TPSA) is 51.8 Å². The first-order valence-electron chi connectivity index (χ1n) is 17.1. The van der Waals surface area contributed by atoms with Crippen LogP contribution in [0.5, 0.6) is 0 Å².